The van der Waals surface area contributed by atoms with Gasteiger partial charge in [0.25, 0.3) is 0 Å². The molecule has 1 unspecified atom stereocenters. The van der Waals surface area contributed by atoms with E-state index in [1.165, 1.54) is 11.1 Å². The third kappa shape index (κ3) is 4.70. The Kier molecular flexibility index (Phi) is 6.49. The molecule has 1 fully saturated rings. The summed E-state index contributed by atoms with van der Waals surface area (Å²) in [5.41, 5.74) is 2.41. The van der Waals surface area contributed by atoms with E-state index in [0.29, 0.717) is 6.61 Å². The molecule has 0 aliphatic carbocycles. The minimum atomic E-state index is 0.172. The van der Waals surface area contributed by atoms with Gasteiger partial charge in [-0.15, -0.1) is 0 Å². The van der Waals surface area contributed by atoms with Crippen LogP contribution in [0.5, 0.6) is 5.75 Å². The third-order valence-corrected chi connectivity index (χ3v) is 3.94. The van der Waals surface area contributed by atoms with Crippen LogP contribution in [0.1, 0.15) is 25.0 Å². The smallest absolute Gasteiger partial charge is 0.126 e. The molecule has 1 heterocycles. The topological polar surface area (TPSA) is 33.7 Å². The molecule has 0 spiro atoms. The number of ether oxygens (including phenoxy) is 2. The van der Waals surface area contributed by atoms with Crippen LogP contribution in [0.3, 0.4) is 0 Å². The molecule has 0 amide bonds. The third-order valence-electron chi connectivity index (χ3n) is 3.94. The van der Waals surface area contributed by atoms with Crippen molar-refractivity contribution >= 4 is 0 Å². The summed E-state index contributed by atoms with van der Waals surface area (Å²) >= 11 is 0. The summed E-state index contributed by atoms with van der Waals surface area (Å²) in [5.74, 6) is 1.01. The summed E-state index contributed by atoms with van der Waals surface area (Å²) in [6, 6.07) is 6.32. The van der Waals surface area contributed by atoms with Crippen LogP contribution in [0, 0.1) is 6.92 Å². The van der Waals surface area contributed by atoms with Gasteiger partial charge in [-0.2, -0.15) is 0 Å². The predicted molar refractivity (Wildman–Crippen MR) is 85.9 cm³/mol. The number of morpholine rings is 1. The van der Waals surface area contributed by atoms with Gasteiger partial charge in [0, 0.05) is 25.2 Å². The molecule has 4 heteroatoms. The molecule has 1 N–H and O–H groups in total. The van der Waals surface area contributed by atoms with Crippen LogP contribution in [0.2, 0.25) is 0 Å². The molecule has 0 saturated carbocycles. The van der Waals surface area contributed by atoms with E-state index >= 15 is 0 Å². The van der Waals surface area contributed by atoms with Crippen LogP contribution in [-0.4, -0.2) is 50.4 Å². The fourth-order valence-corrected chi connectivity index (χ4v) is 2.66. The second-order valence-electron chi connectivity index (χ2n) is 5.54. The molecule has 2 rings (SSSR count). The van der Waals surface area contributed by atoms with Gasteiger partial charge in [-0.25, -0.2) is 0 Å². The summed E-state index contributed by atoms with van der Waals surface area (Å²) < 4.78 is 11.9. The van der Waals surface area contributed by atoms with Gasteiger partial charge in [-0.1, -0.05) is 32.0 Å². The lowest BCUT2D eigenvalue weighted by Crippen LogP contribution is -2.44. The summed E-state index contributed by atoms with van der Waals surface area (Å²) in [7, 11) is 0. The minimum absolute atomic E-state index is 0.172. The van der Waals surface area contributed by atoms with Crippen LogP contribution in [0.15, 0.2) is 18.2 Å². The summed E-state index contributed by atoms with van der Waals surface area (Å²) in [6.45, 7) is 12.7. The average Bonchev–Trinajstić information content (AvgIpc) is 2.52. The number of nitrogens with zero attached hydrogens (tertiary/aromatic N) is 1. The molecule has 118 valence electrons. The van der Waals surface area contributed by atoms with Crippen molar-refractivity contribution in [3.05, 3.63) is 29.3 Å². The Bertz CT molecular complexity index is 437. The Morgan fingerprint density at radius 3 is 3.00 bits per heavy atom. The Morgan fingerprint density at radius 1 is 1.38 bits per heavy atom. The molecule has 0 aromatic heterocycles. The van der Waals surface area contributed by atoms with Crippen molar-refractivity contribution in [3.8, 4) is 5.75 Å². The monoisotopic (exact) mass is 292 g/mol. The van der Waals surface area contributed by atoms with Crippen LogP contribution < -0.4 is 10.1 Å². The van der Waals surface area contributed by atoms with Crippen molar-refractivity contribution in [1.29, 1.82) is 0 Å². The molecular formula is C17H28N2O2. The Hall–Kier alpha value is -1.10. The summed E-state index contributed by atoms with van der Waals surface area (Å²) in [4.78, 5) is 2.41. The molecule has 1 saturated heterocycles. The number of rotatable bonds is 7. The van der Waals surface area contributed by atoms with E-state index in [1.807, 2.05) is 0 Å². The summed E-state index contributed by atoms with van der Waals surface area (Å²) in [5, 5.41) is 3.37. The number of likely N-dealkylation sites (N-methyl/N-ethyl adjacent to an activating group) is 1. The zero-order valence-electron chi connectivity index (χ0n) is 13.5. The first-order valence-corrected chi connectivity index (χ1v) is 8.00. The van der Waals surface area contributed by atoms with Crippen LogP contribution >= 0.6 is 0 Å². The van der Waals surface area contributed by atoms with Gasteiger partial charge in [-0.3, -0.25) is 4.90 Å². The zero-order valence-corrected chi connectivity index (χ0v) is 13.5. The lowest BCUT2D eigenvalue weighted by molar-refractivity contribution is -0.0466. The maximum absolute atomic E-state index is 6.11. The first-order valence-electron chi connectivity index (χ1n) is 8.00. The van der Waals surface area contributed by atoms with Gasteiger partial charge in [-0.05, 0) is 25.6 Å². The van der Waals surface area contributed by atoms with E-state index in [4.69, 9.17) is 9.47 Å². The van der Waals surface area contributed by atoms with Gasteiger partial charge in [0.15, 0.2) is 0 Å². The van der Waals surface area contributed by atoms with Gasteiger partial charge >= 0.3 is 0 Å². The lowest BCUT2D eigenvalue weighted by atomic mass is 10.1. The van der Waals surface area contributed by atoms with Crippen molar-refractivity contribution in [2.45, 2.75) is 33.4 Å². The standard InChI is InChI=1S/C17H28N2O2/c1-4-18-11-15-8-6-7-14(3)17(15)21-13-16-12-19(5-2)9-10-20-16/h6-8,16,18H,4-5,9-13H2,1-3H3. The Labute approximate surface area is 128 Å². The Morgan fingerprint density at radius 2 is 2.24 bits per heavy atom. The number of aryl methyl sites for hydroxylation is 1. The second kappa shape index (κ2) is 8.37. The molecule has 1 atom stereocenters. The highest BCUT2D eigenvalue weighted by Gasteiger charge is 2.20. The highest BCUT2D eigenvalue weighted by Crippen LogP contribution is 2.24. The highest BCUT2D eigenvalue weighted by atomic mass is 16.5. The first-order chi connectivity index (χ1) is 10.2. The number of nitrogens with one attached hydrogen (secondary N) is 1. The normalized spacial score (nSPS) is 19.7. The molecule has 1 aliphatic heterocycles. The van der Waals surface area contributed by atoms with E-state index in [0.717, 1.165) is 45.1 Å². The second-order valence-corrected chi connectivity index (χ2v) is 5.54. The van der Waals surface area contributed by atoms with E-state index in [-0.39, 0.29) is 6.10 Å². The molecule has 1 aliphatic rings. The number of hydrogen-bond acceptors (Lipinski definition) is 4. The summed E-state index contributed by atoms with van der Waals surface area (Å²) in [6.07, 6.45) is 0.172. The van der Waals surface area contributed by atoms with Gasteiger partial charge in [0.05, 0.1) is 6.61 Å². The molecule has 4 nitrogen and oxygen atoms in total. The number of para-hydroxylation sites is 1. The van der Waals surface area contributed by atoms with E-state index < -0.39 is 0 Å². The fourth-order valence-electron chi connectivity index (χ4n) is 2.66. The van der Waals surface area contributed by atoms with Gasteiger partial charge in [0.1, 0.15) is 18.5 Å². The maximum Gasteiger partial charge on any atom is 0.126 e. The minimum Gasteiger partial charge on any atom is -0.490 e. The van der Waals surface area contributed by atoms with Crippen LogP contribution in [0.4, 0.5) is 0 Å². The quantitative estimate of drug-likeness (QED) is 0.835. The van der Waals surface area contributed by atoms with Crippen molar-refractivity contribution in [2.75, 3.05) is 39.4 Å². The molecular weight excluding hydrogens is 264 g/mol. The number of hydrogen-bond donors (Lipinski definition) is 1. The van der Waals surface area contributed by atoms with E-state index in [2.05, 4.69) is 49.2 Å². The number of benzene rings is 1. The van der Waals surface area contributed by atoms with Crippen molar-refractivity contribution in [3.63, 3.8) is 0 Å². The van der Waals surface area contributed by atoms with Gasteiger partial charge in [0.2, 0.25) is 0 Å². The first kappa shape index (κ1) is 16.3. The van der Waals surface area contributed by atoms with Crippen molar-refractivity contribution < 1.29 is 9.47 Å². The largest absolute Gasteiger partial charge is 0.490 e. The van der Waals surface area contributed by atoms with Gasteiger partial charge < -0.3 is 14.8 Å². The lowest BCUT2D eigenvalue weighted by Gasteiger charge is -2.32. The fraction of sp³-hybridized carbons (Fsp3) is 0.647. The molecule has 0 bridgehead atoms. The van der Waals surface area contributed by atoms with Crippen molar-refractivity contribution in [1.82, 2.24) is 10.2 Å². The maximum atomic E-state index is 6.11. The highest BCUT2D eigenvalue weighted by molar-refractivity contribution is 5.40. The molecule has 1 aromatic rings. The predicted octanol–water partition coefficient (Wildman–Crippen LogP) is 2.20. The molecule has 1 aromatic carbocycles. The van der Waals surface area contributed by atoms with Crippen LogP contribution in [-0.2, 0) is 11.3 Å². The van der Waals surface area contributed by atoms with Crippen LogP contribution in [0.25, 0.3) is 0 Å². The average molecular weight is 292 g/mol. The van der Waals surface area contributed by atoms with E-state index in [9.17, 15) is 0 Å². The van der Waals surface area contributed by atoms with E-state index in [1.54, 1.807) is 0 Å². The zero-order chi connectivity index (χ0) is 15.1. The molecule has 0 radical (unpaired) electrons. The van der Waals surface area contributed by atoms with Crippen molar-refractivity contribution in [2.24, 2.45) is 0 Å². The SMILES string of the molecule is CCNCc1cccc(C)c1OCC1CN(CC)CCO1. The molecule has 21 heavy (non-hydrogen) atoms. The Balaban J connectivity index is 1.95.